The molecule has 1 fully saturated rings. The summed E-state index contributed by atoms with van der Waals surface area (Å²) in [6.07, 6.45) is 4.87. The van der Waals surface area contributed by atoms with E-state index in [1.807, 2.05) is 42.5 Å². The molecule has 0 saturated carbocycles. The molecule has 1 N–H and O–H groups in total. The number of halogens is 1. The Morgan fingerprint density at radius 1 is 1.28 bits per heavy atom. The fraction of sp³-hybridized carbons (Fsp3) is 0.391. The van der Waals surface area contributed by atoms with E-state index in [1.54, 1.807) is 0 Å². The molecule has 0 aliphatic carbocycles. The van der Waals surface area contributed by atoms with E-state index in [9.17, 15) is 4.79 Å². The van der Waals surface area contributed by atoms with Gasteiger partial charge in [-0.3, -0.25) is 4.79 Å². The summed E-state index contributed by atoms with van der Waals surface area (Å²) >= 11 is 7.57. The predicted molar refractivity (Wildman–Crippen MR) is 122 cm³/mol. The first-order valence-electron chi connectivity index (χ1n) is 10.3. The van der Waals surface area contributed by atoms with Crippen molar-refractivity contribution < 1.29 is 4.79 Å². The van der Waals surface area contributed by atoms with E-state index >= 15 is 0 Å². The number of carbonyl (C=O) groups is 1. The second-order valence-corrected chi connectivity index (χ2v) is 9.38. The fourth-order valence-corrected chi connectivity index (χ4v) is 5.01. The molecule has 1 aliphatic rings. The van der Waals surface area contributed by atoms with Crippen molar-refractivity contribution in [2.75, 3.05) is 19.6 Å². The Labute approximate surface area is 180 Å². The van der Waals surface area contributed by atoms with E-state index < -0.39 is 0 Å². The summed E-state index contributed by atoms with van der Waals surface area (Å²) in [7, 11) is 0. The van der Waals surface area contributed by atoms with Gasteiger partial charge in [-0.2, -0.15) is 0 Å². The van der Waals surface area contributed by atoms with Crippen LogP contribution in [0.4, 0.5) is 0 Å². The zero-order valence-electron chi connectivity index (χ0n) is 16.7. The van der Waals surface area contributed by atoms with Crippen molar-refractivity contribution in [2.24, 2.45) is 0 Å². The third-order valence-corrected chi connectivity index (χ3v) is 6.89. The van der Waals surface area contributed by atoms with Gasteiger partial charge in [-0.1, -0.05) is 36.2 Å². The highest BCUT2D eigenvalue weighted by Crippen LogP contribution is 2.32. The van der Waals surface area contributed by atoms with E-state index in [2.05, 4.69) is 17.1 Å². The lowest BCUT2D eigenvalue weighted by atomic mass is 10.0. The van der Waals surface area contributed by atoms with E-state index in [-0.39, 0.29) is 5.91 Å². The highest BCUT2D eigenvalue weighted by molar-refractivity contribution is 7.19. The smallest absolute Gasteiger partial charge is 0.252 e. The van der Waals surface area contributed by atoms with Gasteiger partial charge in [0, 0.05) is 24.5 Å². The molecule has 3 heterocycles. The molecule has 0 radical (unpaired) electrons. The Balaban J connectivity index is 1.47. The first-order valence-corrected chi connectivity index (χ1v) is 11.5. The summed E-state index contributed by atoms with van der Waals surface area (Å²) in [4.78, 5) is 21.2. The molecule has 1 amide bonds. The predicted octanol–water partition coefficient (Wildman–Crippen LogP) is 5.61. The normalized spacial score (nSPS) is 17.5. The van der Waals surface area contributed by atoms with Crippen molar-refractivity contribution in [3.05, 3.63) is 52.4 Å². The SMILES string of the molecule is CC1CCCCN1CCCNC(=O)c1cc(-c2ccc(Cl)s2)nc2ccccc12. The third kappa shape index (κ3) is 4.80. The number of pyridine rings is 1. The van der Waals surface area contributed by atoms with Crippen LogP contribution < -0.4 is 5.32 Å². The highest BCUT2D eigenvalue weighted by atomic mass is 35.5. The summed E-state index contributed by atoms with van der Waals surface area (Å²) in [6.45, 7) is 5.20. The van der Waals surface area contributed by atoms with Crippen LogP contribution >= 0.6 is 22.9 Å². The van der Waals surface area contributed by atoms with Crippen LogP contribution in [-0.2, 0) is 0 Å². The quantitative estimate of drug-likeness (QED) is 0.520. The molecule has 6 heteroatoms. The number of fused-ring (bicyclic) bond motifs is 1. The van der Waals surface area contributed by atoms with Crippen LogP contribution in [0.2, 0.25) is 4.34 Å². The van der Waals surface area contributed by atoms with E-state index in [4.69, 9.17) is 16.6 Å². The lowest BCUT2D eigenvalue weighted by Gasteiger charge is -2.33. The first-order chi connectivity index (χ1) is 14.1. The fourth-order valence-electron chi connectivity index (χ4n) is 4.01. The molecule has 152 valence electrons. The van der Waals surface area contributed by atoms with Gasteiger partial charge >= 0.3 is 0 Å². The Kier molecular flexibility index (Phi) is 6.48. The van der Waals surface area contributed by atoms with Gasteiger partial charge in [0.2, 0.25) is 0 Å². The van der Waals surface area contributed by atoms with E-state index in [0.717, 1.165) is 34.4 Å². The monoisotopic (exact) mass is 427 g/mol. The maximum atomic E-state index is 13.0. The number of para-hydroxylation sites is 1. The van der Waals surface area contributed by atoms with E-state index in [0.29, 0.717) is 22.5 Å². The minimum atomic E-state index is -0.0424. The Morgan fingerprint density at radius 2 is 2.14 bits per heavy atom. The number of nitrogens with zero attached hydrogens (tertiary/aromatic N) is 2. The number of piperidine rings is 1. The highest BCUT2D eigenvalue weighted by Gasteiger charge is 2.18. The Hall–Kier alpha value is -1.95. The molecule has 1 saturated heterocycles. The summed E-state index contributed by atoms with van der Waals surface area (Å²) in [5, 5.41) is 3.99. The van der Waals surface area contributed by atoms with Gasteiger partial charge < -0.3 is 10.2 Å². The van der Waals surface area contributed by atoms with Crippen molar-refractivity contribution in [1.29, 1.82) is 0 Å². The van der Waals surface area contributed by atoms with Gasteiger partial charge in [0.1, 0.15) is 0 Å². The van der Waals surface area contributed by atoms with Gasteiger partial charge in [-0.05, 0) is 57.0 Å². The lowest BCUT2D eigenvalue weighted by molar-refractivity contribution is 0.0950. The van der Waals surface area contributed by atoms with Crippen molar-refractivity contribution in [2.45, 2.75) is 38.6 Å². The lowest BCUT2D eigenvalue weighted by Crippen LogP contribution is -2.39. The molecule has 4 nitrogen and oxygen atoms in total. The number of thiophene rings is 1. The summed E-state index contributed by atoms with van der Waals surface area (Å²) in [5.74, 6) is -0.0424. The number of hydrogen-bond donors (Lipinski definition) is 1. The molecule has 2 aromatic heterocycles. The van der Waals surface area contributed by atoms with Crippen LogP contribution in [0.1, 0.15) is 43.0 Å². The zero-order chi connectivity index (χ0) is 20.2. The number of nitrogens with one attached hydrogen (secondary N) is 1. The average Bonchev–Trinajstić information content (AvgIpc) is 3.18. The van der Waals surface area contributed by atoms with Crippen molar-refractivity contribution in [3.63, 3.8) is 0 Å². The van der Waals surface area contributed by atoms with Crippen molar-refractivity contribution >= 4 is 39.7 Å². The van der Waals surface area contributed by atoms with Crippen LogP contribution in [0.5, 0.6) is 0 Å². The summed E-state index contributed by atoms with van der Waals surface area (Å²) in [5.41, 5.74) is 2.27. The number of aromatic nitrogens is 1. The van der Waals surface area contributed by atoms with Gasteiger partial charge in [0.05, 0.1) is 26.0 Å². The van der Waals surface area contributed by atoms with Crippen LogP contribution in [0.25, 0.3) is 21.5 Å². The number of hydrogen-bond acceptors (Lipinski definition) is 4. The summed E-state index contributed by atoms with van der Waals surface area (Å²) in [6, 6.07) is 14.1. The molecule has 1 aliphatic heterocycles. The number of benzene rings is 1. The average molecular weight is 428 g/mol. The molecule has 1 unspecified atom stereocenters. The minimum Gasteiger partial charge on any atom is -0.352 e. The molecular formula is C23H26ClN3OS. The second-order valence-electron chi connectivity index (χ2n) is 7.67. The van der Waals surface area contributed by atoms with Crippen LogP contribution in [0, 0.1) is 0 Å². The molecule has 3 aromatic rings. The molecule has 4 rings (SSSR count). The number of amides is 1. The number of carbonyl (C=O) groups excluding carboxylic acids is 1. The van der Waals surface area contributed by atoms with Crippen LogP contribution in [-0.4, -0.2) is 41.5 Å². The Bertz CT molecular complexity index is 1000. The minimum absolute atomic E-state index is 0.0424. The molecule has 29 heavy (non-hydrogen) atoms. The maximum absolute atomic E-state index is 13.0. The maximum Gasteiger partial charge on any atom is 0.252 e. The van der Waals surface area contributed by atoms with Gasteiger partial charge in [-0.15, -0.1) is 11.3 Å². The van der Waals surface area contributed by atoms with Crippen LogP contribution in [0.15, 0.2) is 42.5 Å². The molecule has 0 spiro atoms. The number of rotatable bonds is 6. The van der Waals surface area contributed by atoms with Gasteiger partial charge in [0.15, 0.2) is 0 Å². The molecular weight excluding hydrogens is 402 g/mol. The topological polar surface area (TPSA) is 45.2 Å². The Morgan fingerprint density at radius 3 is 2.93 bits per heavy atom. The standard InChI is InChI=1S/C23H26ClN3OS/c1-16-7-4-5-13-27(16)14-6-12-25-23(28)18-15-20(21-10-11-22(24)29-21)26-19-9-3-2-8-17(18)19/h2-3,8-11,15-16H,4-7,12-14H2,1H3,(H,25,28). The van der Waals surface area contributed by atoms with Crippen LogP contribution in [0.3, 0.4) is 0 Å². The summed E-state index contributed by atoms with van der Waals surface area (Å²) < 4.78 is 0.716. The zero-order valence-corrected chi connectivity index (χ0v) is 18.2. The van der Waals surface area contributed by atoms with Gasteiger partial charge in [-0.25, -0.2) is 4.98 Å². The molecule has 1 aromatic carbocycles. The first kappa shape index (κ1) is 20.3. The largest absolute Gasteiger partial charge is 0.352 e. The van der Waals surface area contributed by atoms with Gasteiger partial charge in [0.25, 0.3) is 5.91 Å². The molecule has 0 bridgehead atoms. The van der Waals surface area contributed by atoms with Crippen molar-refractivity contribution in [1.82, 2.24) is 15.2 Å². The second kappa shape index (κ2) is 9.24. The third-order valence-electron chi connectivity index (χ3n) is 5.63. The van der Waals surface area contributed by atoms with E-state index in [1.165, 1.54) is 37.1 Å². The number of likely N-dealkylation sites (tertiary alicyclic amines) is 1. The molecule has 1 atom stereocenters. The van der Waals surface area contributed by atoms with Crippen molar-refractivity contribution in [3.8, 4) is 10.6 Å².